The molecule has 24 heavy (non-hydrogen) atoms. The Balaban J connectivity index is 1.83. The van der Waals surface area contributed by atoms with E-state index in [2.05, 4.69) is 15.3 Å². The summed E-state index contributed by atoms with van der Waals surface area (Å²) in [6, 6.07) is 11.7. The predicted octanol–water partition coefficient (Wildman–Crippen LogP) is 4.22. The number of aryl methyl sites for hydroxylation is 1. The average Bonchev–Trinajstić information content (AvgIpc) is 2.99. The summed E-state index contributed by atoms with van der Waals surface area (Å²) in [5.41, 5.74) is 2.73. The number of ether oxygens (including phenoxy) is 1. The van der Waals surface area contributed by atoms with Gasteiger partial charge in [-0.05, 0) is 25.5 Å². The zero-order valence-corrected chi connectivity index (χ0v) is 14.4. The van der Waals surface area contributed by atoms with E-state index in [9.17, 15) is 5.11 Å². The van der Waals surface area contributed by atoms with Crippen LogP contribution >= 0.6 is 11.3 Å². The van der Waals surface area contributed by atoms with Crippen molar-refractivity contribution in [3.63, 3.8) is 0 Å². The molecule has 6 heteroatoms. The fraction of sp³-hybridized carbons (Fsp3) is 0.222. The van der Waals surface area contributed by atoms with E-state index in [1.807, 2.05) is 48.7 Å². The Morgan fingerprint density at radius 1 is 1.29 bits per heavy atom. The van der Waals surface area contributed by atoms with Crippen molar-refractivity contribution in [2.45, 2.75) is 26.6 Å². The molecule has 0 bridgehead atoms. The minimum atomic E-state index is -0.604. The quantitative estimate of drug-likeness (QED) is 0.702. The molecule has 0 fully saturated rings. The number of anilines is 2. The smallest absolute Gasteiger partial charge is 0.188 e. The van der Waals surface area contributed by atoms with Gasteiger partial charge in [-0.15, -0.1) is 11.3 Å². The Morgan fingerprint density at radius 2 is 2.08 bits per heavy atom. The van der Waals surface area contributed by atoms with Crippen molar-refractivity contribution in [3.8, 4) is 5.75 Å². The molecule has 0 aliphatic rings. The monoisotopic (exact) mass is 341 g/mol. The van der Waals surface area contributed by atoms with Crippen molar-refractivity contribution in [2.24, 2.45) is 0 Å². The lowest BCUT2D eigenvalue weighted by atomic mass is 10.2. The summed E-state index contributed by atoms with van der Waals surface area (Å²) in [6.07, 6.45) is 1.04. The van der Waals surface area contributed by atoms with Crippen molar-refractivity contribution in [1.82, 2.24) is 9.97 Å². The van der Waals surface area contributed by atoms with Gasteiger partial charge in [-0.1, -0.05) is 30.3 Å². The number of nitrogens with zero attached hydrogens (tertiary/aromatic N) is 2. The van der Waals surface area contributed by atoms with Crippen LogP contribution in [0, 0.1) is 6.92 Å². The number of aromatic nitrogens is 2. The maximum absolute atomic E-state index is 9.79. The number of aliphatic hydroxyl groups is 1. The Kier molecular flexibility index (Phi) is 5.08. The molecule has 3 aromatic rings. The first-order valence-corrected chi connectivity index (χ1v) is 8.53. The van der Waals surface area contributed by atoms with Crippen LogP contribution in [0.4, 0.5) is 10.9 Å². The molecule has 0 amide bonds. The third-order valence-electron chi connectivity index (χ3n) is 3.44. The minimum Gasteiger partial charge on any atom is -0.485 e. The molecule has 5 nitrogen and oxygen atoms in total. The first kappa shape index (κ1) is 16.4. The highest BCUT2D eigenvalue weighted by Gasteiger charge is 2.12. The molecule has 1 unspecified atom stereocenters. The summed E-state index contributed by atoms with van der Waals surface area (Å²) in [5.74, 6) is 1.18. The van der Waals surface area contributed by atoms with Crippen LogP contribution in [0.2, 0.25) is 0 Å². The predicted molar refractivity (Wildman–Crippen MR) is 95.8 cm³/mol. The van der Waals surface area contributed by atoms with Crippen molar-refractivity contribution >= 4 is 22.3 Å². The Hall–Kier alpha value is -2.44. The van der Waals surface area contributed by atoms with Gasteiger partial charge < -0.3 is 15.2 Å². The van der Waals surface area contributed by atoms with E-state index >= 15 is 0 Å². The van der Waals surface area contributed by atoms with Gasteiger partial charge in [0.15, 0.2) is 16.7 Å². The number of hydrogen-bond donors (Lipinski definition) is 2. The first-order valence-electron chi connectivity index (χ1n) is 7.65. The molecule has 3 rings (SSSR count). The van der Waals surface area contributed by atoms with Crippen molar-refractivity contribution in [3.05, 3.63) is 64.8 Å². The fourth-order valence-electron chi connectivity index (χ4n) is 2.14. The van der Waals surface area contributed by atoms with Gasteiger partial charge in [0.1, 0.15) is 6.61 Å². The summed E-state index contributed by atoms with van der Waals surface area (Å²) in [7, 11) is 0. The second-order valence-electron chi connectivity index (χ2n) is 5.48. The SMILES string of the molecule is Cc1csc(Nc2ncc(C(C)O)cc2OCc2ccccc2)n1. The molecular formula is C18H19N3O2S. The van der Waals surface area contributed by atoms with Gasteiger partial charge in [0.25, 0.3) is 0 Å². The summed E-state index contributed by atoms with van der Waals surface area (Å²) >= 11 is 1.51. The lowest BCUT2D eigenvalue weighted by Crippen LogP contribution is -2.03. The number of thiazole rings is 1. The van der Waals surface area contributed by atoms with E-state index in [0.717, 1.165) is 16.4 Å². The second-order valence-corrected chi connectivity index (χ2v) is 6.34. The van der Waals surface area contributed by atoms with Crippen molar-refractivity contribution in [1.29, 1.82) is 0 Å². The van der Waals surface area contributed by atoms with Crippen LogP contribution in [0.25, 0.3) is 0 Å². The van der Waals surface area contributed by atoms with E-state index < -0.39 is 6.10 Å². The van der Waals surface area contributed by atoms with Gasteiger partial charge in [0, 0.05) is 17.1 Å². The van der Waals surface area contributed by atoms with Gasteiger partial charge in [-0.3, -0.25) is 0 Å². The van der Waals surface area contributed by atoms with Gasteiger partial charge in [-0.2, -0.15) is 0 Å². The van der Waals surface area contributed by atoms with Crippen LogP contribution in [0.3, 0.4) is 0 Å². The topological polar surface area (TPSA) is 67.3 Å². The number of aliphatic hydroxyl groups excluding tert-OH is 1. The molecule has 0 aliphatic heterocycles. The zero-order chi connectivity index (χ0) is 16.9. The molecular weight excluding hydrogens is 322 g/mol. The van der Waals surface area contributed by atoms with Gasteiger partial charge in [0.05, 0.1) is 11.8 Å². The highest BCUT2D eigenvalue weighted by Crippen LogP contribution is 2.30. The zero-order valence-electron chi connectivity index (χ0n) is 13.6. The molecule has 1 atom stereocenters. The number of pyridine rings is 1. The maximum Gasteiger partial charge on any atom is 0.188 e. The number of nitrogens with one attached hydrogen (secondary N) is 1. The largest absolute Gasteiger partial charge is 0.485 e. The van der Waals surface area contributed by atoms with E-state index in [-0.39, 0.29) is 0 Å². The highest BCUT2D eigenvalue weighted by atomic mass is 32.1. The summed E-state index contributed by atoms with van der Waals surface area (Å²) < 4.78 is 5.93. The van der Waals surface area contributed by atoms with E-state index in [0.29, 0.717) is 23.7 Å². The average molecular weight is 341 g/mol. The van der Waals surface area contributed by atoms with Crippen molar-refractivity contribution < 1.29 is 9.84 Å². The second kappa shape index (κ2) is 7.42. The maximum atomic E-state index is 9.79. The van der Waals surface area contributed by atoms with Gasteiger partial charge in [-0.25, -0.2) is 9.97 Å². The van der Waals surface area contributed by atoms with E-state index in [1.54, 1.807) is 13.1 Å². The van der Waals surface area contributed by atoms with Crippen molar-refractivity contribution in [2.75, 3.05) is 5.32 Å². The first-order chi connectivity index (χ1) is 11.6. The summed E-state index contributed by atoms with van der Waals surface area (Å²) in [4.78, 5) is 8.77. The molecule has 0 spiro atoms. The molecule has 0 saturated carbocycles. The van der Waals surface area contributed by atoms with Crippen LogP contribution in [-0.4, -0.2) is 15.1 Å². The molecule has 2 heterocycles. The number of benzene rings is 1. The Morgan fingerprint density at radius 3 is 2.75 bits per heavy atom. The van der Waals surface area contributed by atoms with E-state index in [4.69, 9.17) is 4.74 Å². The molecule has 2 N–H and O–H groups in total. The molecule has 0 radical (unpaired) electrons. The molecule has 124 valence electrons. The molecule has 0 saturated heterocycles. The van der Waals surface area contributed by atoms with Crippen LogP contribution < -0.4 is 10.1 Å². The van der Waals surface area contributed by atoms with Gasteiger partial charge in [0.2, 0.25) is 0 Å². The Bertz CT molecular complexity index is 803. The minimum absolute atomic E-state index is 0.428. The van der Waals surface area contributed by atoms with E-state index in [1.165, 1.54) is 11.3 Å². The van der Waals surface area contributed by atoms with Crippen LogP contribution in [-0.2, 0) is 6.61 Å². The normalized spacial score (nSPS) is 12.0. The highest BCUT2D eigenvalue weighted by molar-refractivity contribution is 7.13. The molecule has 1 aromatic carbocycles. The molecule has 0 aliphatic carbocycles. The fourth-order valence-corrected chi connectivity index (χ4v) is 2.83. The summed E-state index contributed by atoms with van der Waals surface area (Å²) in [5, 5.41) is 15.7. The molecule has 2 aromatic heterocycles. The number of hydrogen-bond acceptors (Lipinski definition) is 6. The third-order valence-corrected chi connectivity index (χ3v) is 4.31. The third kappa shape index (κ3) is 4.10. The Labute approximate surface area is 145 Å². The van der Waals surface area contributed by atoms with Gasteiger partial charge >= 0.3 is 0 Å². The summed E-state index contributed by atoms with van der Waals surface area (Å²) in [6.45, 7) is 4.07. The van der Waals surface area contributed by atoms with Crippen LogP contribution in [0.15, 0.2) is 48.0 Å². The lowest BCUT2D eigenvalue weighted by molar-refractivity contribution is 0.198. The standard InChI is InChI=1S/C18H19N3O2S/c1-12-11-24-18(20-12)21-17-16(8-15(9-19-17)13(2)22)23-10-14-6-4-3-5-7-14/h3-9,11,13,22H,10H2,1-2H3,(H,19,20,21). The number of rotatable bonds is 6. The van der Waals surface area contributed by atoms with Crippen LogP contribution in [0.1, 0.15) is 29.8 Å². The lowest BCUT2D eigenvalue weighted by Gasteiger charge is -2.14. The van der Waals surface area contributed by atoms with Crippen LogP contribution in [0.5, 0.6) is 5.75 Å².